The summed E-state index contributed by atoms with van der Waals surface area (Å²) >= 11 is 0. The Morgan fingerprint density at radius 3 is 2.77 bits per heavy atom. The molecule has 74 valence electrons. The number of hydrogen-bond donors (Lipinski definition) is 1. The first-order valence-corrected chi connectivity index (χ1v) is 3.91. The minimum absolute atomic E-state index is 0.116. The van der Waals surface area contributed by atoms with E-state index in [0.717, 1.165) is 5.06 Å². The van der Waals surface area contributed by atoms with Gasteiger partial charge in [-0.2, -0.15) is 0 Å². The van der Waals surface area contributed by atoms with Gasteiger partial charge in [-0.25, -0.2) is 5.06 Å². The lowest BCUT2D eigenvalue weighted by molar-refractivity contribution is -0.251. The van der Waals surface area contributed by atoms with E-state index < -0.39 is 12.1 Å². The van der Waals surface area contributed by atoms with Crippen molar-refractivity contribution >= 4 is 12.0 Å². The van der Waals surface area contributed by atoms with Gasteiger partial charge in [-0.1, -0.05) is 0 Å². The van der Waals surface area contributed by atoms with Crippen LogP contribution in [0.3, 0.4) is 0 Å². The van der Waals surface area contributed by atoms with Crippen molar-refractivity contribution in [2.45, 2.75) is 25.4 Å². The molecule has 0 bridgehead atoms. The molecule has 2 amide bonds. The quantitative estimate of drug-likeness (QED) is 0.568. The van der Waals surface area contributed by atoms with Crippen LogP contribution < -0.4 is 10.4 Å². The molecular formula is C7H11N2O4-. The zero-order valence-electron chi connectivity index (χ0n) is 7.44. The van der Waals surface area contributed by atoms with E-state index in [0.29, 0.717) is 6.42 Å². The monoisotopic (exact) mass is 187 g/mol. The number of nitrogens with zero attached hydrogens (tertiary/aromatic N) is 1. The lowest BCUT2D eigenvalue weighted by Gasteiger charge is -2.17. The van der Waals surface area contributed by atoms with Crippen LogP contribution in [0.15, 0.2) is 0 Å². The first-order valence-electron chi connectivity index (χ1n) is 3.91. The molecular weight excluding hydrogens is 176 g/mol. The summed E-state index contributed by atoms with van der Waals surface area (Å²) < 4.78 is 0. The number of carbonyl (C=O) groups is 2. The number of amides is 2. The van der Waals surface area contributed by atoms with Gasteiger partial charge in [0.2, 0.25) is 0 Å². The molecule has 1 saturated heterocycles. The molecule has 2 atom stereocenters. The highest BCUT2D eigenvalue weighted by molar-refractivity contribution is 5.86. The molecule has 1 fully saturated rings. The van der Waals surface area contributed by atoms with E-state index in [-0.39, 0.29) is 11.9 Å². The Hall–Kier alpha value is -1.30. The van der Waals surface area contributed by atoms with Gasteiger partial charge in [-0.3, -0.25) is 9.63 Å². The van der Waals surface area contributed by atoms with Gasteiger partial charge in [0.15, 0.2) is 0 Å². The maximum absolute atomic E-state index is 11.3. The second-order valence-electron chi connectivity index (χ2n) is 2.92. The van der Waals surface area contributed by atoms with Crippen LogP contribution in [0, 0.1) is 0 Å². The predicted molar refractivity (Wildman–Crippen MR) is 40.3 cm³/mol. The first kappa shape index (κ1) is 9.79. The zero-order chi connectivity index (χ0) is 10.0. The highest BCUT2D eigenvalue weighted by atomic mass is 16.7. The number of hydrogen-bond acceptors (Lipinski definition) is 4. The van der Waals surface area contributed by atoms with E-state index >= 15 is 0 Å². The van der Waals surface area contributed by atoms with Crippen LogP contribution in [0.2, 0.25) is 0 Å². The average Bonchev–Trinajstić information content (AvgIpc) is 2.26. The van der Waals surface area contributed by atoms with Crippen molar-refractivity contribution in [3.05, 3.63) is 0 Å². The van der Waals surface area contributed by atoms with Crippen molar-refractivity contribution in [3.8, 4) is 0 Å². The van der Waals surface area contributed by atoms with E-state index in [1.807, 2.05) is 5.32 Å². The van der Waals surface area contributed by atoms with Crippen LogP contribution in [0.4, 0.5) is 4.79 Å². The van der Waals surface area contributed by atoms with Crippen molar-refractivity contribution < 1.29 is 19.5 Å². The second-order valence-corrected chi connectivity index (χ2v) is 2.92. The molecule has 6 nitrogen and oxygen atoms in total. The van der Waals surface area contributed by atoms with Crippen LogP contribution in [0.1, 0.15) is 13.3 Å². The Kier molecular flexibility index (Phi) is 2.72. The van der Waals surface area contributed by atoms with Crippen molar-refractivity contribution in [1.29, 1.82) is 0 Å². The third-order valence-electron chi connectivity index (χ3n) is 1.98. The molecule has 1 aliphatic heterocycles. The predicted octanol–water partition coefficient (Wildman–Crippen LogP) is -1.53. The fraction of sp³-hybridized carbons (Fsp3) is 0.714. The van der Waals surface area contributed by atoms with Gasteiger partial charge in [0, 0.05) is 0 Å². The molecule has 1 aliphatic rings. The molecule has 0 spiro atoms. The lowest BCUT2D eigenvalue weighted by atomic mass is 10.2. The van der Waals surface area contributed by atoms with Gasteiger partial charge in [0.25, 0.3) is 5.91 Å². The molecule has 1 heterocycles. The molecule has 6 heteroatoms. The molecule has 0 saturated carbocycles. The third kappa shape index (κ3) is 1.89. The zero-order valence-corrected chi connectivity index (χ0v) is 7.44. The van der Waals surface area contributed by atoms with Crippen LogP contribution in [0.5, 0.6) is 0 Å². The average molecular weight is 187 g/mol. The summed E-state index contributed by atoms with van der Waals surface area (Å²) in [5.74, 6) is -0.376. The van der Waals surface area contributed by atoms with Gasteiger partial charge in [0.05, 0.1) is 13.2 Å². The molecule has 0 aromatic rings. The summed E-state index contributed by atoms with van der Waals surface area (Å²) in [4.78, 5) is 26.3. The Balaban J connectivity index is 2.62. The Labute approximate surface area is 75.4 Å². The summed E-state index contributed by atoms with van der Waals surface area (Å²) in [6, 6.07) is -0.853. The van der Waals surface area contributed by atoms with E-state index in [1.54, 1.807) is 6.92 Å². The van der Waals surface area contributed by atoms with Crippen molar-refractivity contribution in [2.24, 2.45) is 0 Å². The Morgan fingerprint density at radius 2 is 2.38 bits per heavy atom. The van der Waals surface area contributed by atoms with Crippen LogP contribution in [-0.4, -0.2) is 36.3 Å². The summed E-state index contributed by atoms with van der Waals surface area (Å²) in [6.07, 6.45) is -1.04. The Bertz CT molecular complexity index is 231. The minimum Gasteiger partial charge on any atom is -0.530 e. The van der Waals surface area contributed by atoms with E-state index in [9.17, 15) is 14.7 Å². The summed E-state index contributed by atoms with van der Waals surface area (Å²) in [5.41, 5.74) is 0. The van der Waals surface area contributed by atoms with E-state index in [2.05, 4.69) is 0 Å². The largest absolute Gasteiger partial charge is 0.530 e. The highest BCUT2D eigenvalue weighted by Crippen LogP contribution is 2.18. The molecule has 0 radical (unpaired) electrons. The van der Waals surface area contributed by atoms with Gasteiger partial charge < -0.3 is 15.2 Å². The molecule has 0 aromatic carbocycles. The maximum Gasteiger partial charge on any atom is 0.268 e. The number of rotatable bonds is 2. The molecule has 1 rings (SSSR count). The molecule has 0 aliphatic carbocycles. The van der Waals surface area contributed by atoms with Crippen LogP contribution in [0.25, 0.3) is 0 Å². The van der Waals surface area contributed by atoms with Gasteiger partial charge in [0.1, 0.15) is 12.1 Å². The smallest absolute Gasteiger partial charge is 0.268 e. The van der Waals surface area contributed by atoms with Crippen molar-refractivity contribution in [1.82, 2.24) is 10.4 Å². The summed E-state index contributed by atoms with van der Waals surface area (Å²) in [6.45, 7) is 1.78. The molecule has 0 aromatic heterocycles. The van der Waals surface area contributed by atoms with E-state index in [1.165, 1.54) is 7.11 Å². The number of carbonyl (C=O) groups excluding carboxylic acids is 2. The maximum atomic E-state index is 11.3. The standard InChI is InChI=1S/C7H12N2O4/c1-4-3-5(8-7(11)12)6(10)9(4)13-2/h4-5,8H,3H2,1-2H3,(H,11,12)/p-1. The molecule has 13 heavy (non-hydrogen) atoms. The summed E-state index contributed by atoms with van der Waals surface area (Å²) in [7, 11) is 1.37. The number of hydroxylamine groups is 2. The van der Waals surface area contributed by atoms with Crippen molar-refractivity contribution in [2.75, 3.05) is 7.11 Å². The minimum atomic E-state index is -1.44. The SMILES string of the molecule is CON1C(=O)C(NC(=O)[O-])CC1C. The normalized spacial score (nSPS) is 27.8. The van der Waals surface area contributed by atoms with Gasteiger partial charge >= 0.3 is 0 Å². The Morgan fingerprint density at radius 1 is 1.77 bits per heavy atom. The van der Waals surface area contributed by atoms with Gasteiger partial charge in [-0.05, 0) is 13.3 Å². The van der Waals surface area contributed by atoms with Crippen LogP contribution in [-0.2, 0) is 9.63 Å². The highest BCUT2D eigenvalue weighted by Gasteiger charge is 2.37. The third-order valence-corrected chi connectivity index (χ3v) is 1.98. The topological polar surface area (TPSA) is 81.7 Å². The molecule has 1 N–H and O–H groups in total. The summed E-state index contributed by atoms with van der Waals surface area (Å²) in [5, 5.41) is 13.3. The van der Waals surface area contributed by atoms with Gasteiger partial charge in [-0.15, -0.1) is 0 Å². The second kappa shape index (κ2) is 3.61. The fourth-order valence-corrected chi connectivity index (χ4v) is 1.44. The molecule has 2 unspecified atom stereocenters. The van der Waals surface area contributed by atoms with Crippen LogP contribution >= 0.6 is 0 Å². The number of nitrogens with one attached hydrogen (secondary N) is 1. The fourth-order valence-electron chi connectivity index (χ4n) is 1.44. The van der Waals surface area contributed by atoms with Crippen molar-refractivity contribution in [3.63, 3.8) is 0 Å². The lowest BCUT2D eigenvalue weighted by Crippen LogP contribution is -2.47. The van der Waals surface area contributed by atoms with E-state index in [4.69, 9.17) is 4.84 Å². The number of carboxylic acid groups (broad SMARTS) is 1. The first-order chi connectivity index (χ1) is 6.06.